The fourth-order valence-corrected chi connectivity index (χ4v) is 6.95. The number of nitrogens with one attached hydrogen (secondary N) is 1. The zero-order valence-corrected chi connectivity index (χ0v) is 19.6. The summed E-state index contributed by atoms with van der Waals surface area (Å²) in [6.45, 7) is 6.05. The van der Waals surface area contributed by atoms with Crippen molar-refractivity contribution in [2.75, 3.05) is 25.0 Å². The van der Waals surface area contributed by atoms with E-state index in [1.54, 1.807) is 10.4 Å². The number of fused-ring (bicyclic) bond motifs is 3. The number of nitrogens with zero attached hydrogens (tertiary/aromatic N) is 1. The minimum atomic E-state index is -3.47. The normalized spacial score (nSPS) is 25.8. The monoisotopic (exact) mass is 452 g/mol. The van der Waals surface area contributed by atoms with E-state index in [0.29, 0.717) is 36.4 Å². The summed E-state index contributed by atoms with van der Waals surface area (Å²) in [4.78, 5) is 0.416. The van der Waals surface area contributed by atoms with Gasteiger partial charge in [-0.2, -0.15) is 4.31 Å². The highest BCUT2D eigenvalue weighted by atomic mass is 32.2. The van der Waals surface area contributed by atoms with Crippen LogP contribution >= 0.6 is 0 Å². The number of hydrogen-bond donors (Lipinski definition) is 1. The molecule has 0 saturated carbocycles. The van der Waals surface area contributed by atoms with Gasteiger partial charge in [0.2, 0.25) is 10.0 Å². The van der Waals surface area contributed by atoms with E-state index in [9.17, 15) is 8.42 Å². The Bertz CT molecular complexity index is 1120. The third kappa shape index (κ3) is 3.73. The molecule has 3 aliphatic rings. The molecule has 0 bridgehead atoms. The average Bonchev–Trinajstić information content (AvgIpc) is 3.30. The minimum absolute atomic E-state index is 0.122. The maximum atomic E-state index is 13.3. The SMILES string of the molecule is CCOc1ccccc1C1Nc2ccc(S(=O)(=O)N3CCC(C)CC3)cc2C2C=CCC21. The van der Waals surface area contributed by atoms with Crippen LogP contribution in [0.25, 0.3) is 0 Å². The molecule has 0 aromatic heterocycles. The van der Waals surface area contributed by atoms with Crippen molar-refractivity contribution in [1.29, 1.82) is 0 Å². The Kier molecular flexibility index (Phi) is 5.76. The van der Waals surface area contributed by atoms with Crippen LogP contribution in [-0.4, -0.2) is 32.4 Å². The van der Waals surface area contributed by atoms with E-state index < -0.39 is 10.0 Å². The number of sulfonamides is 1. The summed E-state index contributed by atoms with van der Waals surface area (Å²) < 4.78 is 34.3. The van der Waals surface area contributed by atoms with Crippen molar-refractivity contribution >= 4 is 15.7 Å². The quantitative estimate of drug-likeness (QED) is 0.623. The van der Waals surface area contributed by atoms with E-state index in [0.717, 1.165) is 41.8 Å². The average molecular weight is 453 g/mol. The van der Waals surface area contributed by atoms with E-state index in [-0.39, 0.29) is 12.0 Å². The van der Waals surface area contributed by atoms with Crippen LogP contribution in [0.5, 0.6) is 5.75 Å². The lowest BCUT2D eigenvalue weighted by atomic mass is 9.77. The molecule has 170 valence electrons. The molecule has 2 heterocycles. The molecule has 5 nitrogen and oxygen atoms in total. The number of ether oxygens (including phenoxy) is 1. The van der Waals surface area contributed by atoms with E-state index in [2.05, 4.69) is 36.5 Å². The van der Waals surface area contributed by atoms with Crippen LogP contribution in [-0.2, 0) is 10.0 Å². The fraction of sp³-hybridized carbons (Fsp3) is 0.462. The Morgan fingerprint density at radius 3 is 2.66 bits per heavy atom. The maximum Gasteiger partial charge on any atom is 0.243 e. The largest absolute Gasteiger partial charge is 0.494 e. The van der Waals surface area contributed by atoms with Crippen LogP contribution in [0.1, 0.15) is 56.2 Å². The standard InChI is InChI=1S/C26H32N2O3S/c1-3-31-25-10-5-4-7-22(25)26-21-9-6-8-20(21)23-17-19(11-12-24(23)27-26)32(29,30)28-15-13-18(2)14-16-28/h4-8,10-12,17-18,20-21,26-27H,3,9,13-16H2,1-2H3. The zero-order chi connectivity index (χ0) is 22.3. The summed E-state index contributed by atoms with van der Waals surface area (Å²) >= 11 is 0. The first-order valence-electron chi connectivity index (χ1n) is 11.8. The zero-order valence-electron chi connectivity index (χ0n) is 18.8. The summed E-state index contributed by atoms with van der Waals surface area (Å²) in [7, 11) is -3.47. The maximum absolute atomic E-state index is 13.3. The first-order chi connectivity index (χ1) is 15.5. The number of anilines is 1. The summed E-state index contributed by atoms with van der Waals surface area (Å²) in [5.41, 5.74) is 3.26. The topological polar surface area (TPSA) is 58.6 Å². The number of benzene rings is 2. The number of allylic oxidation sites excluding steroid dienone is 2. The van der Waals surface area contributed by atoms with Crippen LogP contribution in [0.3, 0.4) is 0 Å². The Morgan fingerprint density at radius 2 is 1.88 bits per heavy atom. The summed E-state index contributed by atoms with van der Waals surface area (Å²) in [6, 6.07) is 14.0. The van der Waals surface area contributed by atoms with Gasteiger partial charge in [0.1, 0.15) is 5.75 Å². The summed E-state index contributed by atoms with van der Waals surface area (Å²) in [6.07, 6.45) is 7.30. The predicted octanol–water partition coefficient (Wildman–Crippen LogP) is 5.33. The highest BCUT2D eigenvalue weighted by Gasteiger charge is 2.40. The number of hydrogen-bond acceptors (Lipinski definition) is 4. The van der Waals surface area contributed by atoms with Crippen molar-refractivity contribution in [3.05, 3.63) is 65.7 Å². The molecule has 32 heavy (non-hydrogen) atoms. The molecule has 1 N–H and O–H groups in total. The lowest BCUT2D eigenvalue weighted by molar-refractivity contribution is 0.288. The molecule has 0 radical (unpaired) electrons. The second kappa shape index (κ2) is 8.56. The Labute approximate surface area is 191 Å². The molecule has 1 saturated heterocycles. The van der Waals surface area contributed by atoms with Crippen LogP contribution in [0.2, 0.25) is 0 Å². The van der Waals surface area contributed by atoms with Gasteiger partial charge in [-0.1, -0.05) is 37.3 Å². The molecule has 6 heteroatoms. The van der Waals surface area contributed by atoms with Gasteiger partial charge in [0.05, 0.1) is 17.5 Å². The molecule has 1 fully saturated rings. The lowest BCUT2D eigenvalue weighted by Gasteiger charge is -2.38. The Balaban J connectivity index is 1.49. The third-order valence-electron chi connectivity index (χ3n) is 7.27. The molecule has 2 aromatic rings. The smallest absolute Gasteiger partial charge is 0.243 e. The van der Waals surface area contributed by atoms with Gasteiger partial charge in [-0.3, -0.25) is 0 Å². The van der Waals surface area contributed by atoms with Gasteiger partial charge in [0.15, 0.2) is 0 Å². The van der Waals surface area contributed by atoms with Crippen molar-refractivity contribution in [3.63, 3.8) is 0 Å². The molecular formula is C26H32N2O3S. The third-order valence-corrected chi connectivity index (χ3v) is 9.16. The van der Waals surface area contributed by atoms with E-state index in [1.807, 2.05) is 31.2 Å². The van der Waals surface area contributed by atoms with Gasteiger partial charge in [0, 0.05) is 30.3 Å². The predicted molar refractivity (Wildman–Crippen MR) is 128 cm³/mol. The van der Waals surface area contributed by atoms with Crippen LogP contribution < -0.4 is 10.1 Å². The highest BCUT2D eigenvalue weighted by Crippen LogP contribution is 2.51. The molecule has 2 aliphatic heterocycles. The van der Waals surface area contributed by atoms with Crippen molar-refractivity contribution in [1.82, 2.24) is 4.31 Å². The van der Waals surface area contributed by atoms with Gasteiger partial charge >= 0.3 is 0 Å². The number of piperidine rings is 1. The lowest BCUT2D eigenvalue weighted by Crippen LogP contribution is -2.38. The van der Waals surface area contributed by atoms with E-state index in [4.69, 9.17) is 4.74 Å². The minimum Gasteiger partial charge on any atom is -0.494 e. The van der Waals surface area contributed by atoms with Gasteiger partial charge in [-0.05, 0) is 67.9 Å². The number of para-hydroxylation sites is 1. The van der Waals surface area contributed by atoms with Gasteiger partial charge in [-0.25, -0.2) is 8.42 Å². The molecule has 1 aliphatic carbocycles. The first-order valence-corrected chi connectivity index (χ1v) is 13.2. The second-order valence-corrected chi connectivity index (χ2v) is 11.2. The van der Waals surface area contributed by atoms with Gasteiger partial charge in [-0.15, -0.1) is 0 Å². The fourth-order valence-electron chi connectivity index (χ4n) is 5.44. The number of rotatable bonds is 5. The molecule has 2 aromatic carbocycles. The summed E-state index contributed by atoms with van der Waals surface area (Å²) in [5, 5.41) is 3.72. The van der Waals surface area contributed by atoms with Gasteiger partial charge < -0.3 is 10.1 Å². The van der Waals surface area contributed by atoms with Crippen molar-refractivity contribution < 1.29 is 13.2 Å². The van der Waals surface area contributed by atoms with E-state index >= 15 is 0 Å². The van der Waals surface area contributed by atoms with Crippen LogP contribution in [0.4, 0.5) is 5.69 Å². The first kappa shape index (κ1) is 21.5. The van der Waals surface area contributed by atoms with Crippen LogP contribution in [0.15, 0.2) is 59.5 Å². The molecule has 5 rings (SSSR count). The molecule has 3 atom stereocenters. The Hall–Kier alpha value is -2.31. The molecule has 0 spiro atoms. The van der Waals surface area contributed by atoms with Gasteiger partial charge in [0.25, 0.3) is 0 Å². The van der Waals surface area contributed by atoms with Crippen molar-refractivity contribution in [2.45, 2.75) is 50.0 Å². The molecular weight excluding hydrogens is 420 g/mol. The van der Waals surface area contributed by atoms with Crippen molar-refractivity contribution in [3.8, 4) is 5.75 Å². The molecule has 0 amide bonds. The van der Waals surface area contributed by atoms with Crippen LogP contribution in [0, 0.1) is 11.8 Å². The summed E-state index contributed by atoms with van der Waals surface area (Å²) in [5.74, 6) is 2.04. The Morgan fingerprint density at radius 1 is 1.09 bits per heavy atom. The highest BCUT2D eigenvalue weighted by molar-refractivity contribution is 7.89. The van der Waals surface area contributed by atoms with Crippen molar-refractivity contribution in [2.24, 2.45) is 11.8 Å². The van der Waals surface area contributed by atoms with E-state index in [1.165, 1.54) is 0 Å². The second-order valence-electron chi connectivity index (χ2n) is 9.28. The molecule has 3 unspecified atom stereocenters.